The summed E-state index contributed by atoms with van der Waals surface area (Å²) >= 11 is 6.56. The number of benzene rings is 1. The zero-order chi connectivity index (χ0) is 20.0. The van der Waals surface area contributed by atoms with Gasteiger partial charge in [0.15, 0.2) is 0 Å². The number of aromatic nitrogens is 1. The second kappa shape index (κ2) is 5.67. The number of carbonyl (C=O) groups is 1. The minimum absolute atomic E-state index is 0.00645. The number of aromatic carboxylic acids is 1. The SMILES string of the molecule is NC1CN(c2c(F)cc3c(=O)c(C(=O)O)cn([C@@H]4C[C@@H]4F)c3c2Cl)CC12CC2. The number of halogens is 3. The maximum absolute atomic E-state index is 15.0. The number of carboxylic acids is 1. The van der Waals surface area contributed by atoms with E-state index in [4.69, 9.17) is 17.3 Å². The summed E-state index contributed by atoms with van der Waals surface area (Å²) in [5.74, 6) is -2.15. The predicted molar refractivity (Wildman–Crippen MR) is 101 cm³/mol. The summed E-state index contributed by atoms with van der Waals surface area (Å²) in [5, 5.41) is 9.16. The van der Waals surface area contributed by atoms with Gasteiger partial charge in [-0.2, -0.15) is 0 Å². The molecule has 3 N–H and O–H groups in total. The molecule has 0 radical (unpaired) electrons. The standard InChI is InChI=1S/C19H18ClF2N3O3/c20-14-15-8(17(26)9(18(27)28)5-25(15)12-4-10(12)21)3-11(22)16(14)24-6-13(23)19(7-24)1-2-19/h3,5,10,12-13H,1-2,4,6-7,23H2,(H,27,28)/t10-,12+,13?/m0/s1. The number of rotatable bonds is 3. The fourth-order valence-electron chi connectivity index (χ4n) is 4.43. The summed E-state index contributed by atoms with van der Waals surface area (Å²) in [6, 6.07) is 0.308. The largest absolute Gasteiger partial charge is 0.477 e. The van der Waals surface area contributed by atoms with Crippen LogP contribution in [0.3, 0.4) is 0 Å². The van der Waals surface area contributed by atoms with Crippen LogP contribution in [-0.4, -0.2) is 40.9 Å². The minimum Gasteiger partial charge on any atom is -0.477 e. The molecule has 9 heteroatoms. The number of hydrogen-bond acceptors (Lipinski definition) is 4. The molecule has 0 bridgehead atoms. The quantitative estimate of drug-likeness (QED) is 0.813. The highest BCUT2D eigenvalue weighted by atomic mass is 35.5. The number of nitrogens with zero attached hydrogens (tertiary/aromatic N) is 2. The molecule has 148 valence electrons. The maximum atomic E-state index is 15.0. The van der Waals surface area contributed by atoms with E-state index in [1.807, 2.05) is 0 Å². The third-order valence-corrected chi connectivity index (χ3v) is 6.73. The first-order valence-corrected chi connectivity index (χ1v) is 9.56. The van der Waals surface area contributed by atoms with Crippen LogP contribution < -0.4 is 16.1 Å². The number of fused-ring (bicyclic) bond motifs is 1. The highest BCUT2D eigenvalue weighted by Crippen LogP contribution is 2.54. The maximum Gasteiger partial charge on any atom is 0.341 e. The Hall–Kier alpha value is -2.19. The summed E-state index contributed by atoms with van der Waals surface area (Å²) in [4.78, 5) is 25.8. The molecule has 0 amide bonds. The van der Waals surface area contributed by atoms with E-state index >= 15 is 4.39 Å². The molecule has 2 heterocycles. The third-order valence-electron chi connectivity index (χ3n) is 6.37. The molecule has 5 rings (SSSR count). The highest BCUT2D eigenvalue weighted by Gasteiger charge is 2.54. The van der Waals surface area contributed by atoms with Gasteiger partial charge in [0.1, 0.15) is 17.6 Å². The zero-order valence-electron chi connectivity index (χ0n) is 14.8. The smallest absolute Gasteiger partial charge is 0.341 e. The minimum atomic E-state index is -1.45. The van der Waals surface area contributed by atoms with E-state index in [1.165, 1.54) is 4.57 Å². The first kappa shape index (κ1) is 17.9. The van der Waals surface area contributed by atoms with Crippen molar-refractivity contribution in [1.82, 2.24) is 4.57 Å². The van der Waals surface area contributed by atoms with Gasteiger partial charge in [0.25, 0.3) is 0 Å². The second-order valence-corrected chi connectivity index (χ2v) is 8.55. The fourth-order valence-corrected chi connectivity index (χ4v) is 4.84. The number of carboxylic acid groups (broad SMARTS) is 1. The first-order chi connectivity index (χ1) is 13.2. The van der Waals surface area contributed by atoms with Gasteiger partial charge in [0, 0.05) is 37.2 Å². The molecule has 6 nitrogen and oxygen atoms in total. The summed E-state index contributed by atoms with van der Waals surface area (Å²) < 4.78 is 30.2. The summed E-state index contributed by atoms with van der Waals surface area (Å²) in [7, 11) is 0. The number of pyridine rings is 1. The number of anilines is 1. The van der Waals surface area contributed by atoms with E-state index in [-0.39, 0.29) is 39.5 Å². The highest BCUT2D eigenvalue weighted by molar-refractivity contribution is 6.38. The van der Waals surface area contributed by atoms with Gasteiger partial charge in [-0.3, -0.25) is 4.79 Å². The molecule has 2 saturated carbocycles. The Balaban J connectivity index is 1.75. The van der Waals surface area contributed by atoms with Crippen molar-refractivity contribution >= 4 is 34.2 Å². The summed E-state index contributed by atoms with van der Waals surface area (Å²) in [5.41, 5.74) is 5.15. The van der Waals surface area contributed by atoms with Crippen LogP contribution in [0.15, 0.2) is 17.1 Å². The molecule has 1 aromatic carbocycles. The average Bonchev–Trinajstić information content (AvgIpc) is 3.51. The number of hydrogen-bond donors (Lipinski definition) is 2. The van der Waals surface area contributed by atoms with Crippen LogP contribution in [0.25, 0.3) is 10.9 Å². The van der Waals surface area contributed by atoms with Crippen LogP contribution >= 0.6 is 11.6 Å². The summed E-state index contributed by atoms with van der Waals surface area (Å²) in [6.07, 6.45) is 2.11. The molecular formula is C19H18ClF2N3O3. The molecule has 2 aromatic rings. The van der Waals surface area contributed by atoms with E-state index < -0.39 is 35.0 Å². The fraction of sp³-hybridized carbons (Fsp3) is 0.474. The zero-order valence-corrected chi connectivity index (χ0v) is 15.5. The third kappa shape index (κ3) is 2.40. The molecule has 2 aliphatic carbocycles. The van der Waals surface area contributed by atoms with Crippen molar-refractivity contribution in [1.29, 1.82) is 0 Å². The topological polar surface area (TPSA) is 88.6 Å². The van der Waals surface area contributed by atoms with Gasteiger partial charge in [0.05, 0.1) is 27.7 Å². The van der Waals surface area contributed by atoms with Gasteiger partial charge in [-0.25, -0.2) is 13.6 Å². The Morgan fingerprint density at radius 3 is 2.61 bits per heavy atom. The second-order valence-electron chi connectivity index (χ2n) is 8.17. The van der Waals surface area contributed by atoms with Crippen molar-refractivity contribution in [3.63, 3.8) is 0 Å². The van der Waals surface area contributed by atoms with Gasteiger partial charge < -0.3 is 20.3 Å². The number of alkyl halides is 1. The van der Waals surface area contributed by atoms with Gasteiger partial charge in [0.2, 0.25) is 5.43 Å². The van der Waals surface area contributed by atoms with Crippen LogP contribution in [0.4, 0.5) is 14.5 Å². The van der Waals surface area contributed by atoms with Crippen LogP contribution in [0, 0.1) is 11.2 Å². The van der Waals surface area contributed by atoms with Crippen LogP contribution in [0.5, 0.6) is 0 Å². The molecule has 1 unspecified atom stereocenters. The average molecular weight is 410 g/mol. The lowest BCUT2D eigenvalue weighted by molar-refractivity contribution is 0.0694. The van der Waals surface area contributed by atoms with Gasteiger partial charge >= 0.3 is 5.97 Å². The molecule has 1 saturated heterocycles. The van der Waals surface area contributed by atoms with Crippen LogP contribution in [0.2, 0.25) is 5.02 Å². The predicted octanol–water partition coefficient (Wildman–Crippen LogP) is 2.70. The van der Waals surface area contributed by atoms with Crippen molar-refractivity contribution in [3.05, 3.63) is 38.9 Å². The van der Waals surface area contributed by atoms with Gasteiger partial charge in [-0.05, 0) is 18.9 Å². The van der Waals surface area contributed by atoms with Crippen molar-refractivity contribution in [2.24, 2.45) is 11.1 Å². The number of nitrogens with two attached hydrogens (primary N) is 1. The lowest BCUT2D eigenvalue weighted by Crippen LogP contribution is -2.30. The first-order valence-electron chi connectivity index (χ1n) is 9.18. The van der Waals surface area contributed by atoms with Crippen LogP contribution in [-0.2, 0) is 0 Å². The van der Waals surface area contributed by atoms with Crippen molar-refractivity contribution < 1.29 is 18.7 Å². The Kier molecular flexibility index (Phi) is 3.62. The van der Waals surface area contributed by atoms with Crippen LogP contribution in [0.1, 0.15) is 35.7 Å². The van der Waals surface area contributed by atoms with E-state index in [2.05, 4.69) is 0 Å². The van der Waals surface area contributed by atoms with E-state index in [0.717, 1.165) is 25.1 Å². The van der Waals surface area contributed by atoms with E-state index in [0.29, 0.717) is 13.1 Å². The van der Waals surface area contributed by atoms with Crippen molar-refractivity contribution in [2.75, 3.05) is 18.0 Å². The molecule has 1 aliphatic heterocycles. The van der Waals surface area contributed by atoms with E-state index in [9.17, 15) is 19.1 Å². The molecule has 3 fully saturated rings. The lowest BCUT2D eigenvalue weighted by atomic mass is 10.0. The normalized spacial score (nSPS) is 27.6. The van der Waals surface area contributed by atoms with Crippen molar-refractivity contribution in [3.8, 4) is 0 Å². The monoisotopic (exact) mass is 409 g/mol. The van der Waals surface area contributed by atoms with Gasteiger partial charge in [-0.1, -0.05) is 11.6 Å². The molecule has 28 heavy (non-hydrogen) atoms. The molecule has 3 atom stereocenters. The molecule has 1 aromatic heterocycles. The Labute approximate surface area is 163 Å². The molecule has 1 spiro atoms. The molecule has 3 aliphatic rings. The molecular weight excluding hydrogens is 392 g/mol. The Morgan fingerprint density at radius 2 is 2.07 bits per heavy atom. The van der Waals surface area contributed by atoms with E-state index in [1.54, 1.807) is 4.90 Å². The van der Waals surface area contributed by atoms with Crippen molar-refractivity contribution in [2.45, 2.75) is 37.5 Å². The summed E-state index contributed by atoms with van der Waals surface area (Å²) in [6.45, 7) is 1.01. The van der Waals surface area contributed by atoms with Gasteiger partial charge in [-0.15, -0.1) is 0 Å². The Morgan fingerprint density at radius 1 is 1.39 bits per heavy atom. The lowest BCUT2D eigenvalue weighted by Gasteiger charge is -2.23. The Bertz CT molecular complexity index is 1100.